The van der Waals surface area contributed by atoms with E-state index in [1.165, 1.54) is 17.7 Å². The summed E-state index contributed by atoms with van der Waals surface area (Å²) in [6.45, 7) is 5.99. The number of halogens is 1. The van der Waals surface area contributed by atoms with Gasteiger partial charge in [-0.1, -0.05) is 30.3 Å². The lowest BCUT2D eigenvalue weighted by Gasteiger charge is -2.35. The minimum atomic E-state index is -0.337. The van der Waals surface area contributed by atoms with Gasteiger partial charge in [-0.3, -0.25) is 14.7 Å². The highest BCUT2D eigenvalue weighted by atomic mass is 19.1. The van der Waals surface area contributed by atoms with Crippen LogP contribution in [0.25, 0.3) is 10.9 Å². The van der Waals surface area contributed by atoms with Crippen molar-refractivity contribution < 1.29 is 9.18 Å². The third-order valence-corrected chi connectivity index (χ3v) is 5.35. The van der Waals surface area contributed by atoms with E-state index >= 15 is 0 Å². The van der Waals surface area contributed by atoms with E-state index in [9.17, 15) is 9.18 Å². The zero-order valence-electron chi connectivity index (χ0n) is 16.1. The third kappa shape index (κ3) is 4.04. The molecule has 0 spiro atoms. The van der Waals surface area contributed by atoms with Crippen molar-refractivity contribution in [1.29, 1.82) is 0 Å². The number of carbonyl (C=O) groups is 1. The van der Waals surface area contributed by atoms with Gasteiger partial charge in [0.25, 0.3) is 5.91 Å². The van der Waals surface area contributed by atoms with Gasteiger partial charge in [-0.05, 0) is 37.1 Å². The summed E-state index contributed by atoms with van der Waals surface area (Å²) in [6, 6.07) is 16.7. The number of hydrogen-bond acceptors (Lipinski definition) is 3. The smallest absolute Gasteiger partial charge is 0.254 e. The Morgan fingerprint density at radius 2 is 1.79 bits per heavy atom. The minimum absolute atomic E-state index is 0.00446. The summed E-state index contributed by atoms with van der Waals surface area (Å²) < 4.78 is 13.6. The first-order valence-corrected chi connectivity index (χ1v) is 9.72. The first kappa shape index (κ1) is 18.6. The molecule has 4 rings (SSSR count). The number of carbonyl (C=O) groups excluding carboxylic acids is 1. The Bertz CT molecular complexity index is 977. The van der Waals surface area contributed by atoms with Crippen molar-refractivity contribution in [3.8, 4) is 0 Å². The lowest BCUT2D eigenvalue weighted by Crippen LogP contribution is -2.49. The molecular weight excluding hydrogens is 353 g/mol. The highest BCUT2D eigenvalue weighted by Crippen LogP contribution is 2.22. The normalized spacial score (nSPS) is 15.1. The second-order valence-electron chi connectivity index (χ2n) is 7.34. The fourth-order valence-electron chi connectivity index (χ4n) is 3.79. The Hall–Kier alpha value is -2.79. The monoisotopic (exact) mass is 377 g/mol. The molecule has 1 aromatic heterocycles. The molecule has 1 fully saturated rings. The Morgan fingerprint density at radius 3 is 2.54 bits per heavy atom. The maximum Gasteiger partial charge on any atom is 0.254 e. The molecule has 0 bridgehead atoms. The van der Waals surface area contributed by atoms with Gasteiger partial charge in [0.2, 0.25) is 0 Å². The van der Waals surface area contributed by atoms with Crippen LogP contribution in [-0.4, -0.2) is 53.4 Å². The molecule has 3 aromatic rings. The molecule has 0 atom stereocenters. The van der Waals surface area contributed by atoms with Gasteiger partial charge in [-0.2, -0.15) is 0 Å². The quantitative estimate of drug-likeness (QED) is 0.696. The van der Waals surface area contributed by atoms with Crippen LogP contribution < -0.4 is 0 Å². The lowest BCUT2D eigenvalue weighted by molar-refractivity contribution is 0.0640. The Balaban J connectivity index is 1.42. The predicted octanol–water partition coefficient (Wildman–Crippen LogP) is 3.68. The molecule has 1 aliphatic rings. The standard InChI is InChI=1S/C23H24FN3O/c1-17-15-21(20-8-7-19(24)16-22(20)25-17)23(28)27-13-11-26(12-14-27)10-9-18-5-3-2-4-6-18/h2-8,15-16H,9-14H2,1H3. The van der Waals surface area contributed by atoms with Crippen molar-refractivity contribution in [1.82, 2.24) is 14.8 Å². The molecule has 2 aromatic carbocycles. The van der Waals surface area contributed by atoms with Crippen LogP contribution in [-0.2, 0) is 6.42 Å². The summed E-state index contributed by atoms with van der Waals surface area (Å²) in [4.78, 5) is 21.8. The van der Waals surface area contributed by atoms with Gasteiger partial charge in [0, 0.05) is 49.9 Å². The number of piperazine rings is 1. The van der Waals surface area contributed by atoms with E-state index in [-0.39, 0.29) is 11.7 Å². The fourth-order valence-corrected chi connectivity index (χ4v) is 3.79. The zero-order valence-corrected chi connectivity index (χ0v) is 16.1. The van der Waals surface area contributed by atoms with E-state index in [0.29, 0.717) is 29.6 Å². The molecule has 2 heterocycles. The first-order valence-electron chi connectivity index (χ1n) is 9.72. The van der Waals surface area contributed by atoms with E-state index in [1.807, 2.05) is 24.0 Å². The van der Waals surface area contributed by atoms with E-state index in [4.69, 9.17) is 0 Å². The molecule has 5 heteroatoms. The van der Waals surface area contributed by atoms with E-state index < -0.39 is 0 Å². The van der Waals surface area contributed by atoms with Gasteiger partial charge in [-0.25, -0.2) is 4.39 Å². The van der Waals surface area contributed by atoms with E-state index in [2.05, 4.69) is 34.1 Å². The average molecular weight is 377 g/mol. The first-order chi connectivity index (χ1) is 13.6. The molecule has 0 radical (unpaired) electrons. The Morgan fingerprint density at radius 1 is 1.04 bits per heavy atom. The van der Waals surface area contributed by atoms with Crippen LogP contribution in [0, 0.1) is 12.7 Å². The molecule has 4 nitrogen and oxygen atoms in total. The molecule has 1 aliphatic heterocycles. The number of amides is 1. The number of rotatable bonds is 4. The largest absolute Gasteiger partial charge is 0.336 e. The Labute approximate surface area is 164 Å². The highest BCUT2D eigenvalue weighted by molar-refractivity contribution is 6.06. The van der Waals surface area contributed by atoms with Gasteiger partial charge in [0.15, 0.2) is 0 Å². The molecule has 1 amide bonds. The van der Waals surface area contributed by atoms with Crippen LogP contribution in [0.5, 0.6) is 0 Å². The zero-order chi connectivity index (χ0) is 19.5. The summed E-state index contributed by atoms with van der Waals surface area (Å²) in [6.07, 6.45) is 1.02. The lowest BCUT2D eigenvalue weighted by atomic mass is 10.1. The molecule has 28 heavy (non-hydrogen) atoms. The minimum Gasteiger partial charge on any atom is -0.336 e. The summed E-state index contributed by atoms with van der Waals surface area (Å²) in [5.74, 6) is -0.333. The van der Waals surface area contributed by atoms with Crippen LogP contribution in [0.1, 0.15) is 21.6 Å². The van der Waals surface area contributed by atoms with Gasteiger partial charge < -0.3 is 4.90 Å². The second-order valence-corrected chi connectivity index (χ2v) is 7.34. The second kappa shape index (κ2) is 8.07. The maximum atomic E-state index is 13.6. The van der Waals surface area contributed by atoms with Crippen LogP contribution in [0.4, 0.5) is 4.39 Å². The number of benzene rings is 2. The third-order valence-electron chi connectivity index (χ3n) is 5.35. The average Bonchev–Trinajstić information content (AvgIpc) is 2.72. The summed E-state index contributed by atoms with van der Waals surface area (Å²) in [5.41, 5.74) is 3.21. The van der Waals surface area contributed by atoms with Crippen molar-refractivity contribution >= 4 is 16.8 Å². The van der Waals surface area contributed by atoms with Crippen molar-refractivity contribution in [3.63, 3.8) is 0 Å². The molecular formula is C23H24FN3O. The molecule has 0 saturated carbocycles. The number of nitrogens with zero attached hydrogens (tertiary/aromatic N) is 3. The topological polar surface area (TPSA) is 36.4 Å². The summed E-state index contributed by atoms with van der Waals surface area (Å²) >= 11 is 0. The van der Waals surface area contributed by atoms with Crippen molar-refractivity contribution in [3.05, 3.63) is 77.2 Å². The van der Waals surface area contributed by atoms with Gasteiger partial charge in [0.1, 0.15) is 5.82 Å². The molecule has 0 N–H and O–H groups in total. The van der Waals surface area contributed by atoms with Crippen molar-refractivity contribution in [2.75, 3.05) is 32.7 Å². The molecule has 0 aliphatic carbocycles. The number of hydrogen-bond donors (Lipinski definition) is 0. The van der Waals surface area contributed by atoms with E-state index in [0.717, 1.165) is 31.7 Å². The number of pyridine rings is 1. The van der Waals surface area contributed by atoms with Crippen molar-refractivity contribution in [2.45, 2.75) is 13.3 Å². The van der Waals surface area contributed by atoms with Gasteiger partial charge >= 0.3 is 0 Å². The number of aromatic nitrogens is 1. The molecule has 1 saturated heterocycles. The summed E-state index contributed by atoms with van der Waals surface area (Å²) in [5, 5.41) is 0.712. The molecule has 0 unspecified atom stereocenters. The van der Waals surface area contributed by atoms with Crippen LogP contribution in [0.15, 0.2) is 54.6 Å². The van der Waals surface area contributed by atoms with E-state index in [1.54, 1.807) is 6.07 Å². The van der Waals surface area contributed by atoms with Gasteiger partial charge in [-0.15, -0.1) is 0 Å². The molecule has 144 valence electrons. The van der Waals surface area contributed by atoms with Crippen LogP contribution in [0.3, 0.4) is 0 Å². The van der Waals surface area contributed by atoms with Crippen LogP contribution >= 0.6 is 0 Å². The summed E-state index contributed by atoms with van der Waals surface area (Å²) in [7, 11) is 0. The highest BCUT2D eigenvalue weighted by Gasteiger charge is 2.23. The Kier molecular flexibility index (Phi) is 5.35. The van der Waals surface area contributed by atoms with Gasteiger partial charge in [0.05, 0.1) is 11.1 Å². The van der Waals surface area contributed by atoms with Crippen molar-refractivity contribution in [2.24, 2.45) is 0 Å². The maximum absolute atomic E-state index is 13.6. The fraction of sp³-hybridized carbons (Fsp3) is 0.304. The number of fused-ring (bicyclic) bond motifs is 1. The van der Waals surface area contributed by atoms with Crippen LogP contribution in [0.2, 0.25) is 0 Å². The SMILES string of the molecule is Cc1cc(C(=O)N2CCN(CCc3ccccc3)CC2)c2ccc(F)cc2n1. The predicted molar refractivity (Wildman–Crippen MR) is 109 cm³/mol. The number of aryl methyl sites for hydroxylation is 1.